The Bertz CT molecular complexity index is 974. The highest BCUT2D eigenvalue weighted by molar-refractivity contribution is 7.23. The lowest BCUT2D eigenvalue weighted by atomic mass is 9.98. The number of ketones is 1. The standard InChI is InChI=1S/C19H17N3OS/c1-2-22-19-17(14-7-8-21-10-16(14)24-19)18(23)12-3-5-13-11(9-12)4-6-15(13)20/h3,5,7-10,20,22H,2,4,6H2,1H3. The van der Waals surface area contributed by atoms with Gasteiger partial charge in [0.05, 0.1) is 10.3 Å². The Hall–Kier alpha value is -2.53. The molecule has 0 fully saturated rings. The maximum atomic E-state index is 13.2. The van der Waals surface area contributed by atoms with Crippen LogP contribution in [-0.4, -0.2) is 23.0 Å². The van der Waals surface area contributed by atoms with Crippen molar-refractivity contribution in [3.05, 3.63) is 58.9 Å². The van der Waals surface area contributed by atoms with Crippen LogP contribution in [0.15, 0.2) is 36.7 Å². The number of rotatable bonds is 4. The Morgan fingerprint density at radius 3 is 3.04 bits per heavy atom. The van der Waals surface area contributed by atoms with Crippen molar-refractivity contribution >= 4 is 37.9 Å². The fourth-order valence-electron chi connectivity index (χ4n) is 3.24. The molecule has 5 heteroatoms. The van der Waals surface area contributed by atoms with Gasteiger partial charge in [-0.05, 0) is 43.0 Å². The summed E-state index contributed by atoms with van der Waals surface area (Å²) >= 11 is 1.57. The maximum absolute atomic E-state index is 13.2. The van der Waals surface area contributed by atoms with Crippen LogP contribution in [-0.2, 0) is 6.42 Å². The van der Waals surface area contributed by atoms with Crippen LogP contribution in [0.25, 0.3) is 10.1 Å². The molecule has 0 unspecified atom stereocenters. The van der Waals surface area contributed by atoms with Gasteiger partial charge in [-0.25, -0.2) is 0 Å². The number of thiophene rings is 1. The van der Waals surface area contributed by atoms with Crippen molar-refractivity contribution in [1.29, 1.82) is 5.41 Å². The number of nitrogens with zero attached hydrogens (tertiary/aromatic N) is 1. The molecular weight excluding hydrogens is 318 g/mol. The number of nitrogens with one attached hydrogen (secondary N) is 2. The molecule has 4 nitrogen and oxygen atoms in total. The van der Waals surface area contributed by atoms with Crippen LogP contribution >= 0.6 is 11.3 Å². The second-order valence-corrected chi connectivity index (χ2v) is 6.94. The van der Waals surface area contributed by atoms with Gasteiger partial charge in [0.25, 0.3) is 0 Å². The summed E-state index contributed by atoms with van der Waals surface area (Å²) < 4.78 is 1.01. The average Bonchev–Trinajstić information content (AvgIpc) is 3.15. The van der Waals surface area contributed by atoms with Crippen molar-refractivity contribution in [2.75, 3.05) is 11.9 Å². The maximum Gasteiger partial charge on any atom is 0.196 e. The molecule has 4 rings (SSSR count). The van der Waals surface area contributed by atoms with E-state index in [-0.39, 0.29) is 5.78 Å². The van der Waals surface area contributed by atoms with Crippen LogP contribution in [0.1, 0.15) is 40.4 Å². The van der Waals surface area contributed by atoms with Gasteiger partial charge in [-0.15, -0.1) is 11.3 Å². The van der Waals surface area contributed by atoms with E-state index in [9.17, 15) is 4.79 Å². The quantitative estimate of drug-likeness (QED) is 0.700. The number of carbonyl (C=O) groups excluding carboxylic acids is 1. The lowest BCUT2D eigenvalue weighted by Crippen LogP contribution is -2.06. The van der Waals surface area contributed by atoms with Gasteiger partial charge in [0, 0.05) is 35.6 Å². The molecule has 0 saturated heterocycles. The van der Waals surface area contributed by atoms with E-state index in [2.05, 4.69) is 10.3 Å². The first kappa shape index (κ1) is 15.0. The van der Waals surface area contributed by atoms with Gasteiger partial charge in [-0.2, -0.15) is 0 Å². The summed E-state index contributed by atoms with van der Waals surface area (Å²) in [4.78, 5) is 17.4. The summed E-state index contributed by atoms with van der Waals surface area (Å²) in [6.07, 6.45) is 5.15. The van der Waals surface area contributed by atoms with E-state index in [1.807, 2.05) is 37.4 Å². The number of fused-ring (bicyclic) bond motifs is 2. The number of aryl methyl sites for hydroxylation is 1. The van der Waals surface area contributed by atoms with Crippen molar-refractivity contribution in [2.45, 2.75) is 19.8 Å². The first-order valence-corrected chi connectivity index (χ1v) is 8.86. The summed E-state index contributed by atoms with van der Waals surface area (Å²) in [5.74, 6) is 0.0321. The van der Waals surface area contributed by atoms with Crippen molar-refractivity contribution < 1.29 is 4.79 Å². The summed E-state index contributed by atoms with van der Waals surface area (Å²) in [6.45, 7) is 2.79. The third-order valence-corrected chi connectivity index (χ3v) is 5.49. The predicted molar refractivity (Wildman–Crippen MR) is 98.8 cm³/mol. The first-order valence-electron chi connectivity index (χ1n) is 8.05. The first-order chi connectivity index (χ1) is 11.7. The van der Waals surface area contributed by atoms with Crippen LogP contribution in [0.3, 0.4) is 0 Å². The highest BCUT2D eigenvalue weighted by Gasteiger charge is 2.23. The minimum Gasteiger partial charge on any atom is -0.377 e. The lowest BCUT2D eigenvalue weighted by molar-refractivity contribution is 0.104. The number of benzene rings is 1. The van der Waals surface area contributed by atoms with Gasteiger partial charge in [0.15, 0.2) is 5.78 Å². The minimum atomic E-state index is 0.0321. The molecule has 120 valence electrons. The number of hydrogen-bond acceptors (Lipinski definition) is 5. The van der Waals surface area contributed by atoms with E-state index in [0.29, 0.717) is 11.3 Å². The van der Waals surface area contributed by atoms with E-state index in [0.717, 1.165) is 51.2 Å². The van der Waals surface area contributed by atoms with Crippen molar-refractivity contribution in [1.82, 2.24) is 4.98 Å². The molecule has 0 amide bonds. The molecular formula is C19H17N3OS. The SMILES string of the molecule is CCNc1sc2cnccc2c1C(=O)c1ccc2c(c1)CCC2=N. The van der Waals surface area contributed by atoms with Crippen molar-refractivity contribution in [2.24, 2.45) is 0 Å². The van der Waals surface area contributed by atoms with Crippen LogP contribution in [0.2, 0.25) is 0 Å². The molecule has 1 aliphatic rings. The molecule has 2 heterocycles. The molecule has 2 aromatic heterocycles. The van der Waals surface area contributed by atoms with Gasteiger partial charge in [-0.3, -0.25) is 9.78 Å². The highest BCUT2D eigenvalue weighted by Crippen LogP contribution is 2.37. The summed E-state index contributed by atoms with van der Waals surface area (Å²) in [6, 6.07) is 7.63. The number of hydrogen-bond donors (Lipinski definition) is 2. The fourth-order valence-corrected chi connectivity index (χ4v) is 4.37. The molecule has 2 N–H and O–H groups in total. The zero-order chi connectivity index (χ0) is 16.7. The third kappa shape index (κ3) is 2.32. The Morgan fingerprint density at radius 1 is 1.33 bits per heavy atom. The van der Waals surface area contributed by atoms with Crippen LogP contribution in [0.5, 0.6) is 0 Å². The number of pyridine rings is 1. The largest absolute Gasteiger partial charge is 0.377 e. The number of anilines is 1. The average molecular weight is 335 g/mol. The van der Waals surface area contributed by atoms with Crippen LogP contribution < -0.4 is 5.32 Å². The molecule has 1 aliphatic carbocycles. The van der Waals surface area contributed by atoms with Gasteiger partial charge in [0.1, 0.15) is 5.00 Å². The Morgan fingerprint density at radius 2 is 2.21 bits per heavy atom. The molecule has 1 aromatic carbocycles. The molecule has 0 aliphatic heterocycles. The van der Waals surface area contributed by atoms with E-state index >= 15 is 0 Å². The summed E-state index contributed by atoms with van der Waals surface area (Å²) in [5, 5.41) is 13.1. The summed E-state index contributed by atoms with van der Waals surface area (Å²) in [7, 11) is 0. The molecule has 0 atom stereocenters. The van der Waals surface area contributed by atoms with Crippen LogP contribution in [0, 0.1) is 5.41 Å². The molecule has 3 aromatic rings. The van der Waals surface area contributed by atoms with Gasteiger partial charge in [0.2, 0.25) is 0 Å². The number of aromatic nitrogens is 1. The molecule has 0 radical (unpaired) electrons. The predicted octanol–water partition coefficient (Wildman–Crippen LogP) is 4.27. The Kier molecular flexibility index (Phi) is 3.65. The van der Waals surface area contributed by atoms with E-state index in [1.165, 1.54) is 0 Å². The van der Waals surface area contributed by atoms with E-state index in [4.69, 9.17) is 5.41 Å². The summed E-state index contributed by atoms with van der Waals surface area (Å²) in [5.41, 5.74) is 4.19. The van der Waals surface area contributed by atoms with E-state index < -0.39 is 0 Å². The fraction of sp³-hybridized carbons (Fsp3) is 0.211. The zero-order valence-electron chi connectivity index (χ0n) is 13.3. The van der Waals surface area contributed by atoms with Gasteiger partial charge < -0.3 is 10.7 Å². The van der Waals surface area contributed by atoms with Crippen molar-refractivity contribution in [3.8, 4) is 0 Å². The molecule has 0 spiro atoms. The highest BCUT2D eigenvalue weighted by atomic mass is 32.1. The van der Waals surface area contributed by atoms with Crippen LogP contribution in [0.4, 0.5) is 5.00 Å². The van der Waals surface area contributed by atoms with Gasteiger partial charge >= 0.3 is 0 Å². The van der Waals surface area contributed by atoms with Gasteiger partial charge in [-0.1, -0.05) is 12.1 Å². The smallest absolute Gasteiger partial charge is 0.196 e. The second kappa shape index (κ2) is 5.83. The van der Waals surface area contributed by atoms with Crippen molar-refractivity contribution in [3.63, 3.8) is 0 Å². The normalized spacial score (nSPS) is 13.3. The molecule has 0 bridgehead atoms. The number of carbonyl (C=O) groups is 1. The monoisotopic (exact) mass is 335 g/mol. The van der Waals surface area contributed by atoms with E-state index in [1.54, 1.807) is 17.5 Å². The molecule has 24 heavy (non-hydrogen) atoms. The second-order valence-electron chi connectivity index (χ2n) is 5.89. The Balaban J connectivity index is 1.84. The third-order valence-electron chi connectivity index (χ3n) is 4.39. The topological polar surface area (TPSA) is 65.8 Å². The molecule has 0 saturated carbocycles. The zero-order valence-corrected chi connectivity index (χ0v) is 14.2. The Labute approximate surface area is 144 Å². The lowest BCUT2D eigenvalue weighted by Gasteiger charge is -2.07. The minimum absolute atomic E-state index is 0.0321.